The van der Waals surface area contributed by atoms with E-state index in [1.54, 1.807) is 0 Å². The number of nitrogens with zero attached hydrogens (tertiary/aromatic N) is 1. The predicted molar refractivity (Wildman–Crippen MR) is 220 cm³/mol. The number of aromatic nitrogens is 1. The Morgan fingerprint density at radius 2 is 1.13 bits per heavy atom. The quantitative estimate of drug-likeness (QED) is 0.170. The molecule has 0 N–H and O–H groups in total. The van der Waals surface area contributed by atoms with Crippen molar-refractivity contribution in [2.75, 3.05) is 0 Å². The number of rotatable bonds is 3. The molecule has 1 aromatic heterocycles. The number of hydrogen-bond donors (Lipinski definition) is 0. The van der Waals surface area contributed by atoms with Gasteiger partial charge in [0.05, 0.1) is 11.0 Å². The predicted octanol–water partition coefficient (Wildman–Crippen LogP) is 11.5. The van der Waals surface area contributed by atoms with E-state index in [-0.39, 0.29) is 5.41 Å². The number of benzene rings is 8. The zero-order chi connectivity index (χ0) is 34.8. The molecule has 1 aliphatic heterocycles. The second kappa shape index (κ2) is 10.5. The zero-order valence-corrected chi connectivity index (χ0v) is 29.9. The van der Waals surface area contributed by atoms with Crippen molar-refractivity contribution in [3.8, 4) is 39.1 Å². The van der Waals surface area contributed by atoms with Gasteiger partial charge in [0.2, 0.25) is 0 Å². The Bertz CT molecular complexity index is 3020. The number of fused-ring (bicyclic) bond motifs is 10. The highest BCUT2D eigenvalue weighted by Crippen LogP contribution is 2.54. The average molecular weight is 684 g/mol. The molecule has 2 nitrogen and oxygen atoms in total. The Kier molecular flexibility index (Phi) is 6.03. The van der Waals surface area contributed by atoms with Gasteiger partial charge in [-0.05, 0) is 97.7 Å². The Morgan fingerprint density at radius 3 is 2.02 bits per heavy atom. The van der Waals surface area contributed by atoms with Crippen LogP contribution in [0.2, 0.25) is 0 Å². The van der Waals surface area contributed by atoms with Gasteiger partial charge in [0.15, 0.2) is 7.14 Å². The van der Waals surface area contributed by atoms with Gasteiger partial charge in [-0.1, -0.05) is 141 Å². The molecule has 2 aliphatic rings. The van der Waals surface area contributed by atoms with Crippen LogP contribution < -0.4 is 15.9 Å². The van der Waals surface area contributed by atoms with Gasteiger partial charge >= 0.3 is 0 Å². The largest absolute Gasteiger partial charge is 0.309 e. The summed E-state index contributed by atoms with van der Waals surface area (Å²) in [5.41, 5.74) is 13.4. The van der Waals surface area contributed by atoms with E-state index in [0.29, 0.717) is 0 Å². The van der Waals surface area contributed by atoms with Crippen molar-refractivity contribution >= 4 is 55.6 Å². The molecule has 0 spiro atoms. The van der Waals surface area contributed by atoms with Crippen LogP contribution in [-0.2, 0) is 9.98 Å². The van der Waals surface area contributed by atoms with E-state index in [9.17, 15) is 0 Å². The van der Waals surface area contributed by atoms with Gasteiger partial charge in [0, 0.05) is 37.8 Å². The van der Waals surface area contributed by atoms with Crippen LogP contribution in [-0.4, -0.2) is 4.57 Å². The Hall–Kier alpha value is -5.95. The van der Waals surface area contributed by atoms with Crippen LogP contribution in [0.4, 0.5) is 0 Å². The highest BCUT2D eigenvalue weighted by molar-refractivity contribution is 7.86. The van der Waals surface area contributed by atoms with Gasteiger partial charge in [-0.2, -0.15) is 0 Å². The molecule has 246 valence electrons. The fourth-order valence-electron chi connectivity index (χ4n) is 9.22. The van der Waals surface area contributed by atoms with Gasteiger partial charge in [0.25, 0.3) is 0 Å². The van der Waals surface area contributed by atoms with Crippen molar-refractivity contribution in [2.24, 2.45) is 0 Å². The zero-order valence-electron chi connectivity index (χ0n) is 29.0. The molecule has 0 fully saturated rings. The summed E-state index contributed by atoms with van der Waals surface area (Å²) in [5, 5.41) is 7.43. The molecule has 11 rings (SSSR count). The number of hydrogen-bond acceptors (Lipinski definition) is 1. The second-order valence-electron chi connectivity index (χ2n) is 14.9. The first kappa shape index (κ1) is 29.7. The minimum absolute atomic E-state index is 0.0311. The summed E-state index contributed by atoms with van der Waals surface area (Å²) in [6, 6.07) is 60.9. The Balaban J connectivity index is 1.06. The van der Waals surface area contributed by atoms with Gasteiger partial charge < -0.3 is 9.13 Å². The molecule has 1 atom stereocenters. The molecular weight excluding hydrogens is 650 g/mol. The van der Waals surface area contributed by atoms with E-state index < -0.39 is 7.14 Å². The summed E-state index contributed by atoms with van der Waals surface area (Å²) >= 11 is 0. The lowest BCUT2D eigenvalue weighted by Crippen LogP contribution is -2.20. The highest BCUT2D eigenvalue weighted by Gasteiger charge is 2.41. The third kappa shape index (κ3) is 3.93. The molecule has 0 saturated heterocycles. The minimum Gasteiger partial charge on any atom is -0.309 e. The molecule has 0 saturated carbocycles. The maximum atomic E-state index is 15.3. The fraction of sp³-hybridized carbons (Fsp3) is 0.0612. The molecule has 2 heterocycles. The van der Waals surface area contributed by atoms with Crippen LogP contribution >= 0.6 is 7.14 Å². The van der Waals surface area contributed by atoms with Crippen molar-refractivity contribution in [3.05, 3.63) is 181 Å². The fourth-order valence-corrected chi connectivity index (χ4v) is 12.3. The Morgan fingerprint density at radius 1 is 0.462 bits per heavy atom. The molecule has 0 bridgehead atoms. The summed E-state index contributed by atoms with van der Waals surface area (Å²) in [6.07, 6.45) is 0. The lowest BCUT2D eigenvalue weighted by atomic mass is 9.81. The molecule has 3 heteroatoms. The van der Waals surface area contributed by atoms with Gasteiger partial charge in [-0.25, -0.2) is 0 Å². The van der Waals surface area contributed by atoms with Crippen LogP contribution in [0.15, 0.2) is 170 Å². The van der Waals surface area contributed by atoms with Crippen molar-refractivity contribution < 1.29 is 4.57 Å². The molecule has 9 aromatic rings. The first-order valence-corrected chi connectivity index (χ1v) is 19.7. The molecule has 1 unspecified atom stereocenters. The van der Waals surface area contributed by atoms with E-state index in [1.807, 2.05) is 36.4 Å². The van der Waals surface area contributed by atoms with Gasteiger partial charge in [-0.3, -0.25) is 0 Å². The molecule has 0 radical (unpaired) electrons. The first-order valence-electron chi connectivity index (χ1n) is 18.0. The highest BCUT2D eigenvalue weighted by atomic mass is 31.2. The maximum Gasteiger partial charge on any atom is 0.172 e. The molecule has 52 heavy (non-hydrogen) atoms. The molecular formula is C49H34NOP. The lowest BCUT2D eigenvalue weighted by Gasteiger charge is -2.22. The second-order valence-corrected chi connectivity index (χ2v) is 17.6. The standard InChI is InChI=1S/C49H34NOP/c1-49(2)43-17-9-6-14-37(43)38-25-23-34(28-44(38)49)31-20-21-33-27-35(24-22-32(33)26-31)50-45-18-10-7-15-39(45)41-30-48-42(29-46(41)50)40-16-8-11-19-47(40)52(48,51)36-12-4-3-5-13-36/h3-30H,1-2H3. The van der Waals surface area contributed by atoms with E-state index >= 15 is 4.57 Å². The van der Waals surface area contributed by atoms with Crippen LogP contribution in [0.5, 0.6) is 0 Å². The molecule has 8 aromatic carbocycles. The SMILES string of the molecule is CC1(C)c2ccccc2-c2ccc(-c3ccc4cc(-n5c6ccccc6c6cc7c(cc65)-c5ccccc5P7(=O)c5ccccc5)ccc4c3)cc21. The Labute approximate surface area is 303 Å². The summed E-state index contributed by atoms with van der Waals surface area (Å²) in [4.78, 5) is 0. The third-order valence-electron chi connectivity index (χ3n) is 11.8. The first-order chi connectivity index (χ1) is 25.4. The maximum absolute atomic E-state index is 15.3. The summed E-state index contributed by atoms with van der Waals surface area (Å²) in [7, 11) is -3.05. The van der Waals surface area contributed by atoms with E-state index in [1.165, 1.54) is 44.2 Å². The molecule has 0 amide bonds. The number of para-hydroxylation sites is 1. The average Bonchev–Trinajstić information content (AvgIpc) is 3.74. The monoisotopic (exact) mass is 683 g/mol. The van der Waals surface area contributed by atoms with E-state index in [2.05, 4.69) is 152 Å². The summed E-state index contributed by atoms with van der Waals surface area (Å²) in [5.74, 6) is 0. The van der Waals surface area contributed by atoms with Gasteiger partial charge in [-0.15, -0.1) is 0 Å². The summed E-state index contributed by atoms with van der Waals surface area (Å²) in [6.45, 7) is 4.68. The van der Waals surface area contributed by atoms with Crippen molar-refractivity contribution in [2.45, 2.75) is 19.3 Å². The van der Waals surface area contributed by atoms with E-state index in [0.717, 1.165) is 54.5 Å². The van der Waals surface area contributed by atoms with Crippen LogP contribution in [0, 0.1) is 0 Å². The third-order valence-corrected chi connectivity index (χ3v) is 14.9. The van der Waals surface area contributed by atoms with Crippen LogP contribution in [0.1, 0.15) is 25.0 Å². The smallest absolute Gasteiger partial charge is 0.172 e. The summed E-state index contributed by atoms with van der Waals surface area (Å²) < 4.78 is 17.7. The van der Waals surface area contributed by atoms with Crippen molar-refractivity contribution in [1.82, 2.24) is 4.57 Å². The minimum atomic E-state index is -3.05. The topological polar surface area (TPSA) is 22.0 Å². The van der Waals surface area contributed by atoms with Gasteiger partial charge in [0.1, 0.15) is 0 Å². The van der Waals surface area contributed by atoms with Crippen molar-refractivity contribution in [3.63, 3.8) is 0 Å². The van der Waals surface area contributed by atoms with E-state index in [4.69, 9.17) is 0 Å². The van der Waals surface area contributed by atoms with Crippen molar-refractivity contribution in [1.29, 1.82) is 0 Å². The normalized spacial score (nSPS) is 16.6. The van der Waals surface area contributed by atoms with Crippen LogP contribution in [0.25, 0.3) is 71.6 Å². The lowest BCUT2D eigenvalue weighted by molar-refractivity contribution is 0.593. The van der Waals surface area contributed by atoms with Crippen LogP contribution in [0.3, 0.4) is 0 Å². The molecule has 1 aliphatic carbocycles.